The van der Waals surface area contributed by atoms with Crippen molar-refractivity contribution >= 4 is 12.0 Å². The Labute approximate surface area is 163 Å². The lowest BCUT2D eigenvalue weighted by Gasteiger charge is -2.17. The summed E-state index contributed by atoms with van der Waals surface area (Å²) in [6, 6.07) is 3.55. The van der Waals surface area contributed by atoms with Crippen molar-refractivity contribution in [3.05, 3.63) is 36.9 Å². The minimum atomic E-state index is -0.170. The number of carbonyl (C=O) groups excluding carboxylic acids is 1. The van der Waals surface area contributed by atoms with E-state index in [9.17, 15) is 4.79 Å². The molecule has 148 valence electrons. The number of aromatic amines is 1. The van der Waals surface area contributed by atoms with E-state index in [1.807, 2.05) is 30.3 Å². The topological polar surface area (TPSA) is 97.3 Å². The highest BCUT2D eigenvalue weighted by molar-refractivity contribution is 5.87. The maximum absolute atomic E-state index is 12.7. The summed E-state index contributed by atoms with van der Waals surface area (Å²) >= 11 is 0. The van der Waals surface area contributed by atoms with Gasteiger partial charge in [0, 0.05) is 61.7 Å². The second-order valence-corrected chi connectivity index (χ2v) is 7.09. The molecule has 0 spiro atoms. The van der Waals surface area contributed by atoms with E-state index in [-0.39, 0.29) is 6.03 Å². The Hall–Kier alpha value is -3.07. The number of likely N-dealkylation sites (tertiary alicyclic amines) is 1. The van der Waals surface area contributed by atoms with Crippen molar-refractivity contribution < 1.29 is 14.3 Å². The average Bonchev–Trinajstić information content (AvgIpc) is 3.39. The Bertz CT molecular complexity index is 895. The van der Waals surface area contributed by atoms with Crippen LogP contribution in [0.2, 0.25) is 0 Å². The lowest BCUT2D eigenvalue weighted by atomic mass is 10.0. The van der Waals surface area contributed by atoms with Crippen molar-refractivity contribution in [2.45, 2.75) is 0 Å². The number of hydrogen-bond acceptors (Lipinski definition) is 5. The number of H-pyrrole nitrogens is 1. The van der Waals surface area contributed by atoms with Crippen LogP contribution in [0.1, 0.15) is 0 Å². The summed E-state index contributed by atoms with van der Waals surface area (Å²) < 4.78 is 12.5. The number of aromatic nitrogens is 4. The van der Waals surface area contributed by atoms with Crippen molar-refractivity contribution in [3.8, 4) is 16.9 Å². The SMILES string of the molecule is COc1ccc(-c2cnn(C)c2)cnc(NC(=O)N2CC3COCC3C2)[nH]c1. The van der Waals surface area contributed by atoms with Crippen molar-refractivity contribution in [1.29, 1.82) is 0 Å². The van der Waals surface area contributed by atoms with Gasteiger partial charge in [0.1, 0.15) is 5.75 Å². The van der Waals surface area contributed by atoms with Gasteiger partial charge in [0.05, 0.1) is 26.5 Å². The number of nitrogens with zero attached hydrogens (tertiary/aromatic N) is 4. The monoisotopic (exact) mass is 384 g/mol. The summed E-state index contributed by atoms with van der Waals surface area (Å²) in [5, 5.41) is 7.06. The fourth-order valence-electron chi connectivity index (χ4n) is 3.54. The zero-order valence-corrected chi connectivity index (χ0v) is 16.0. The fourth-order valence-corrected chi connectivity index (χ4v) is 3.54. The molecule has 0 aromatic carbocycles. The average molecular weight is 384 g/mol. The summed E-state index contributed by atoms with van der Waals surface area (Å²) in [6.07, 6.45) is 7.00. The highest BCUT2D eigenvalue weighted by atomic mass is 16.5. The molecule has 2 atom stereocenters. The van der Waals surface area contributed by atoms with E-state index >= 15 is 0 Å². The summed E-state index contributed by atoms with van der Waals surface area (Å²) in [4.78, 5) is 21.9. The van der Waals surface area contributed by atoms with Crippen LogP contribution in [-0.4, -0.2) is 64.1 Å². The number of methoxy groups -OCH3 is 1. The normalized spacial score (nSPS) is 20.6. The van der Waals surface area contributed by atoms with Gasteiger partial charge >= 0.3 is 6.03 Å². The number of ether oxygens (including phenoxy) is 2. The maximum atomic E-state index is 12.7. The number of amides is 2. The van der Waals surface area contributed by atoms with Crippen molar-refractivity contribution in [2.75, 3.05) is 38.7 Å². The number of aryl methyl sites for hydroxylation is 1. The number of rotatable bonds is 3. The van der Waals surface area contributed by atoms with E-state index in [1.54, 1.807) is 30.4 Å². The first-order valence-corrected chi connectivity index (χ1v) is 9.22. The summed E-state index contributed by atoms with van der Waals surface area (Å²) in [7, 11) is 3.44. The Morgan fingerprint density at radius 2 is 2.04 bits per heavy atom. The van der Waals surface area contributed by atoms with E-state index < -0.39 is 0 Å². The molecule has 0 bridgehead atoms. The summed E-state index contributed by atoms with van der Waals surface area (Å²) in [5.74, 6) is 1.80. The van der Waals surface area contributed by atoms with E-state index in [0.717, 1.165) is 24.3 Å². The smallest absolute Gasteiger partial charge is 0.324 e. The van der Waals surface area contributed by atoms with Gasteiger partial charge in [0.2, 0.25) is 5.95 Å². The molecule has 2 N–H and O–H groups in total. The molecule has 2 unspecified atom stereocenters. The lowest BCUT2D eigenvalue weighted by Crippen LogP contribution is -2.34. The van der Waals surface area contributed by atoms with Gasteiger partial charge in [-0.3, -0.25) is 10.00 Å². The predicted molar refractivity (Wildman–Crippen MR) is 103 cm³/mol. The molecule has 0 saturated carbocycles. The third-order valence-corrected chi connectivity index (χ3v) is 5.14. The van der Waals surface area contributed by atoms with Crippen LogP contribution >= 0.6 is 0 Å². The van der Waals surface area contributed by atoms with Gasteiger partial charge in [-0.05, 0) is 12.1 Å². The molecule has 28 heavy (non-hydrogen) atoms. The standard InChI is InChI=1S/C19H24N6O3/c1-24-8-14(6-22-24)13-3-4-17(27-2)7-21-18(20-5-13)23-19(26)25-9-15-11-28-12-16(15)10-25/h3-8,15-16H,9-12H2,1-2H3,(H2,20,21,23,26). The first-order valence-electron chi connectivity index (χ1n) is 9.22. The van der Waals surface area contributed by atoms with Gasteiger partial charge in [-0.2, -0.15) is 5.10 Å². The minimum Gasteiger partial charge on any atom is -0.495 e. The molecular formula is C19H24N6O3. The molecule has 4 rings (SSSR count). The Morgan fingerprint density at radius 1 is 1.25 bits per heavy atom. The van der Waals surface area contributed by atoms with Crippen LogP contribution in [0.3, 0.4) is 0 Å². The van der Waals surface area contributed by atoms with E-state index in [4.69, 9.17) is 9.47 Å². The van der Waals surface area contributed by atoms with Gasteiger partial charge in [-0.15, -0.1) is 0 Å². The van der Waals surface area contributed by atoms with Crippen LogP contribution in [0, 0.1) is 11.8 Å². The number of fused-ring (bicyclic) bond motifs is 1. The molecule has 2 amide bonds. The van der Waals surface area contributed by atoms with E-state index in [2.05, 4.69) is 20.4 Å². The third-order valence-electron chi connectivity index (χ3n) is 5.14. The number of nitrogens with one attached hydrogen (secondary N) is 2. The Kier molecular flexibility index (Phi) is 5.16. The molecule has 2 saturated heterocycles. The molecule has 2 fully saturated rings. The molecule has 9 heteroatoms. The predicted octanol–water partition coefficient (Wildman–Crippen LogP) is 2.05. The molecule has 4 heterocycles. The molecule has 9 nitrogen and oxygen atoms in total. The molecule has 2 aromatic heterocycles. The summed E-state index contributed by atoms with van der Waals surface area (Å²) in [6.45, 7) is 2.88. The second-order valence-electron chi connectivity index (χ2n) is 7.09. The Morgan fingerprint density at radius 3 is 2.71 bits per heavy atom. The van der Waals surface area contributed by atoms with Gasteiger partial charge in [0.15, 0.2) is 0 Å². The van der Waals surface area contributed by atoms with Crippen molar-refractivity contribution in [3.63, 3.8) is 0 Å². The molecule has 0 radical (unpaired) electrons. The summed E-state index contributed by atoms with van der Waals surface area (Å²) in [5.41, 5.74) is 1.76. The van der Waals surface area contributed by atoms with Gasteiger partial charge < -0.3 is 19.4 Å². The molecule has 2 aromatic rings. The van der Waals surface area contributed by atoms with Gasteiger partial charge in [-0.1, -0.05) is 0 Å². The molecule has 2 aliphatic heterocycles. The number of anilines is 1. The van der Waals surface area contributed by atoms with Crippen LogP contribution in [-0.2, 0) is 11.8 Å². The minimum absolute atomic E-state index is 0.170. The highest BCUT2D eigenvalue weighted by Crippen LogP contribution is 2.29. The number of urea groups is 1. The van der Waals surface area contributed by atoms with E-state index in [0.29, 0.717) is 36.6 Å². The van der Waals surface area contributed by atoms with Crippen LogP contribution in [0.5, 0.6) is 5.75 Å². The first-order chi connectivity index (χ1) is 13.6. The van der Waals surface area contributed by atoms with Gasteiger partial charge in [0.25, 0.3) is 0 Å². The zero-order valence-electron chi connectivity index (χ0n) is 16.0. The van der Waals surface area contributed by atoms with E-state index in [1.165, 1.54) is 0 Å². The first kappa shape index (κ1) is 18.3. The second kappa shape index (κ2) is 7.89. The quantitative estimate of drug-likeness (QED) is 0.844. The Balaban J connectivity index is 1.59. The fraction of sp³-hybridized carbons (Fsp3) is 0.421. The molecular weight excluding hydrogens is 360 g/mol. The third kappa shape index (κ3) is 3.94. The number of hydrogen-bond donors (Lipinski definition) is 2. The largest absolute Gasteiger partial charge is 0.495 e. The van der Waals surface area contributed by atoms with Crippen LogP contribution in [0.4, 0.5) is 10.7 Å². The van der Waals surface area contributed by atoms with Crippen molar-refractivity contribution in [1.82, 2.24) is 24.6 Å². The highest BCUT2D eigenvalue weighted by Gasteiger charge is 2.39. The lowest BCUT2D eigenvalue weighted by molar-refractivity contribution is 0.158. The van der Waals surface area contributed by atoms with Crippen LogP contribution < -0.4 is 10.1 Å². The maximum Gasteiger partial charge on any atom is 0.324 e. The zero-order chi connectivity index (χ0) is 19.5. The molecule has 0 aliphatic carbocycles. The van der Waals surface area contributed by atoms with Gasteiger partial charge in [-0.25, -0.2) is 9.78 Å². The van der Waals surface area contributed by atoms with Crippen LogP contribution in [0.25, 0.3) is 11.1 Å². The van der Waals surface area contributed by atoms with Crippen molar-refractivity contribution in [2.24, 2.45) is 18.9 Å². The number of carbonyl (C=O) groups is 1. The molecule has 2 aliphatic rings. The van der Waals surface area contributed by atoms with Crippen LogP contribution in [0.15, 0.2) is 36.9 Å².